The number of benzene rings is 2. The summed E-state index contributed by atoms with van der Waals surface area (Å²) in [6.45, 7) is 0. The summed E-state index contributed by atoms with van der Waals surface area (Å²) < 4.78 is 17.5. The molecule has 0 unspecified atom stereocenters. The van der Waals surface area contributed by atoms with Crippen molar-refractivity contribution >= 4 is 14.0 Å². The van der Waals surface area contributed by atoms with Crippen LogP contribution >= 0.6 is 0 Å². The summed E-state index contributed by atoms with van der Waals surface area (Å²) in [5.74, 6) is -0.285. The second-order valence-corrected chi connectivity index (χ2v) is 6.10. The quantitative estimate of drug-likeness (QED) is 0.821. The molecule has 2 rings (SSSR count). The molecule has 0 aliphatic carbocycles. The van der Waals surface area contributed by atoms with E-state index in [0.717, 1.165) is 11.1 Å². The van der Waals surface area contributed by atoms with Crippen LogP contribution in [0.15, 0.2) is 48.5 Å². The fraction of sp³-hybridized carbons (Fsp3) is 0.0769. The second kappa shape index (κ2) is 4.99. The van der Waals surface area contributed by atoms with Crippen LogP contribution in [0, 0.1) is 5.82 Å². The summed E-state index contributed by atoms with van der Waals surface area (Å²) in [4.78, 5) is 19.2. The fourth-order valence-corrected chi connectivity index (χ4v) is 2.48. The fourth-order valence-electron chi connectivity index (χ4n) is 1.64. The molecule has 0 radical (unpaired) electrons. The Kier molecular flexibility index (Phi) is 3.58. The van der Waals surface area contributed by atoms with E-state index < -0.39 is 8.80 Å². The third-order valence-corrected chi connectivity index (χ3v) is 4.38. The largest absolute Gasteiger partial charge is 0.531 e. The van der Waals surface area contributed by atoms with E-state index in [-0.39, 0.29) is 5.82 Å². The first kappa shape index (κ1) is 12.9. The SMILES string of the molecule is CO[Si](O)(O)c1ccc(-c2ccc(F)cc2)cc1. The highest BCUT2D eigenvalue weighted by Gasteiger charge is 2.33. The molecule has 0 aliphatic rings. The van der Waals surface area contributed by atoms with Crippen LogP contribution in [-0.4, -0.2) is 25.5 Å². The number of hydrogen-bond acceptors (Lipinski definition) is 3. The predicted octanol–water partition coefficient (Wildman–Crippen LogP) is 1.27. The lowest BCUT2D eigenvalue weighted by Gasteiger charge is -2.15. The minimum atomic E-state index is -3.75. The molecule has 0 saturated heterocycles. The van der Waals surface area contributed by atoms with Crippen LogP contribution in [0.1, 0.15) is 0 Å². The lowest BCUT2D eigenvalue weighted by molar-refractivity contribution is 0.204. The molecule has 0 fully saturated rings. The Balaban J connectivity index is 2.30. The molecule has 94 valence electrons. The first-order chi connectivity index (χ1) is 8.53. The molecule has 3 nitrogen and oxygen atoms in total. The van der Waals surface area contributed by atoms with E-state index in [1.807, 2.05) is 0 Å². The summed E-state index contributed by atoms with van der Waals surface area (Å²) in [6, 6.07) is 12.8. The van der Waals surface area contributed by atoms with Crippen molar-refractivity contribution in [1.82, 2.24) is 0 Å². The zero-order valence-corrected chi connectivity index (χ0v) is 10.8. The second-order valence-electron chi connectivity index (χ2n) is 3.90. The Labute approximate surface area is 105 Å². The number of hydrogen-bond donors (Lipinski definition) is 2. The highest BCUT2D eigenvalue weighted by Crippen LogP contribution is 2.18. The molecule has 0 aliphatic heterocycles. The highest BCUT2D eigenvalue weighted by molar-refractivity contribution is 6.72. The van der Waals surface area contributed by atoms with Gasteiger partial charge >= 0.3 is 8.80 Å². The highest BCUT2D eigenvalue weighted by atomic mass is 28.4. The van der Waals surface area contributed by atoms with Crippen molar-refractivity contribution in [1.29, 1.82) is 0 Å². The van der Waals surface area contributed by atoms with Gasteiger partial charge in [-0.15, -0.1) is 0 Å². The number of rotatable bonds is 3. The van der Waals surface area contributed by atoms with Crippen molar-refractivity contribution in [3.05, 3.63) is 54.3 Å². The van der Waals surface area contributed by atoms with Crippen molar-refractivity contribution in [2.75, 3.05) is 7.11 Å². The minimum Gasteiger partial charge on any atom is -0.386 e. The third kappa shape index (κ3) is 2.65. The zero-order chi connectivity index (χ0) is 13.2. The molecule has 0 bridgehead atoms. The maximum absolute atomic E-state index is 12.8. The van der Waals surface area contributed by atoms with Gasteiger partial charge < -0.3 is 14.0 Å². The monoisotopic (exact) mass is 264 g/mol. The van der Waals surface area contributed by atoms with Crippen LogP contribution in [0.3, 0.4) is 0 Å². The normalized spacial score (nSPS) is 11.6. The van der Waals surface area contributed by atoms with Crippen molar-refractivity contribution in [2.45, 2.75) is 0 Å². The topological polar surface area (TPSA) is 49.7 Å². The van der Waals surface area contributed by atoms with Crippen molar-refractivity contribution in [2.24, 2.45) is 0 Å². The van der Waals surface area contributed by atoms with E-state index in [4.69, 9.17) is 0 Å². The van der Waals surface area contributed by atoms with Gasteiger partial charge in [0.15, 0.2) is 0 Å². The first-order valence-electron chi connectivity index (χ1n) is 5.39. The van der Waals surface area contributed by atoms with Crippen LogP contribution in [0.5, 0.6) is 0 Å². The third-order valence-electron chi connectivity index (χ3n) is 2.72. The average molecular weight is 264 g/mol. The molecule has 2 N–H and O–H groups in total. The maximum Gasteiger partial charge on any atom is 0.531 e. The molecule has 2 aromatic rings. The van der Waals surface area contributed by atoms with Crippen LogP contribution < -0.4 is 5.19 Å². The van der Waals surface area contributed by atoms with Gasteiger partial charge in [-0.1, -0.05) is 36.4 Å². The van der Waals surface area contributed by atoms with Crippen LogP contribution in [0.25, 0.3) is 11.1 Å². The molecule has 0 heterocycles. The Morgan fingerprint density at radius 3 is 1.78 bits per heavy atom. The zero-order valence-electron chi connectivity index (χ0n) is 9.80. The first-order valence-corrected chi connectivity index (χ1v) is 7.19. The molecule has 2 aromatic carbocycles. The van der Waals surface area contributed by atoms with E-state index in [9.17, 15) is 14.0 Å². The van der Waals surface area contributed by atoms with Gasteiger partial charge in [0, 0.05) is 12.3 Å². The van der Waals surface area contributed by atoms with Crippen LogP contribution in [0.2, 0.25) is 0 Å². The predicted molar refractivity (Wildman–Crippen MR) is 68.7 cm³/mol. The van der Waals surface area contributed by atoms with E-state index in [2.05, 4.69) is 4.43 Å². The van der Waals surface area contributed by atoms with Gasteiger partial charge in [-0.2, -0.15) is 0 Å². The summed E-state index contributed by atoms with van der Waals surface area (Å²) in [6.07, 6.45) is 0. The van der Waals surface area contributed by atoms with Gasteiger partial charge in [0.25, 0.3) is 0 Å². The molecular weight excluding hydrogens is 251 g/mol. The van der Waals surface area contributed by atoms with Crippen molar-refractivity contribution in [3.8, 4) is 11.1 Å². The molecule has 0 spiro atoms. The molecule has 0 saturated carbocycles. The molecule has 0 amide bonds. The van der Waals surface area contributed by atoms with E-state index in [1.54, 1.807) is 36.4 Å². The maximum atomic E-state index is 12.8. The number of halogens is 1. The Bertz CT molecular complexity index is 523. The van der Waals surface area contributed by atoms with Gasteiger partial charge in [0.05, 0.1) is 0 Å². The van der Waals surface area contributed by atoms with E-state index >= 15 is 0 Å². The summed E-state index contributed by atoms with van der Waals surface area (Å²) in [5, 5.41) is 0.371. The van der Waals surface area contributed by atoms with Crippen LogP contribution in [0.4, 0.5) is 4.39 Å². The van der Waals surface area contributed by atoms with Crippen molar-refractivity contribution < 1.29 is 18.4 Å². The lowest BCUT2D eigenvalue weighted by Crippen LogP contribution is -2.50. The summed E-state index contributed by atoms with van der Waals surface area (Å²) >= 11 is 0. The molecule has 18 heavy (non-hydrogen) atoms. The molecule has 5 heteroatoms. The van der Waals surface area contributed by atoms with Gasteiger partial charge in [0.2, 0.25) is 0 Å². The molecule has 0 aromatic heterocycles. The smallest absolute Gasteiger partial charge is 0.386 e. The Morgan fingerprint density at radius 2 is 1.33 bits per heavy atom. The van der Waals surface area contributed by atoms with E-state index in [1.165, 1.54) is 19.2 Å². The van der Waals surface area contributed by atoms with Gasteiger partial charge in [-0.25, -0.2) is 4.39 Å². The summed E-state index contributed by atoms with van der Waals surface area (Å²) in [5.41, 5.74) is 1.74. The van der Waals surface area contributed by atoms with Crippen molar-refractivity contribution in [3.63, 3.8) is 0 Å². The van der Waals surface area contributed by atoms with Gasteiger partial charge in [-0.3, -0.25) is 0 Å². The Hall–Kier alpha value is -1.53. The van der Waals surface area contributed by atoms with Gasteiger partial charge in [0.1, 0.15) is 5.82 Å². The summed E-state index contributed by atoms with van der Waals surface area (Å²) in [7, 11) is -2.48. The minimum absolute atomic E-state index is 0.285. The van der Waals surface area contributed by atoms with Crippen LogP contribution in [-0.2, 0) is 4.43 Å². The standard InChI is InChI=1S/C13H13FO3Si/c1-17-18(15,16)13-8-4-11(5-9-13)10-2-6-12(14)7-3-10/h2-9,15-16H,1H3. The molecule has 0 atom stereocenters. The average Bonchev–Trinajstić information content (AvgIpc) is 2.40. The Morgan fingerprint density at radius 1 is 0.889 bits per heavy atom. The van der Waals surface area contributed by atoms with Gasteiger partial charge in [-0.05, 0) is 23.3 Å². The molecular formula is C13H13FO3Si. The lowest BCUT2D eigenvalue weighted by atomic mass is 10.1. The van der Waals surface area contributed by atoms with E-state index in [0.29, 0.717) is 5.19 Å².